The van der Waals surface area contributed by atoms with Gasteiger partial charge in [0.25, 0.3) is 0 Å². The van der Waals surface area contributed by atoms with Gasteiger partial charge < -0.3 is 10.0 Å². The van der Waals surface area contributed by atoms with Gasteiger partial charge in [-0.05, 0) is 18.9 Å². The molecule has 0 spiro atoms. The minimum Gasteiger partial charge on any atom is -0.394 e. The van der Waals surface area contributed by atoms with Gasteiger partial charge in [-0.25, -0.2) is 0 Å². The second-order valence-corrected chi connectivity index (χ2v) is 5.24. The SMILES string of the molecule is CC1CCN(Cc2ccccc2)C(CO)C(=O)N1C. The van der Waals surface area contributed by atoms with Crippen molar-refractivity contribution in [2.45, 2.75) is 32.0 Å². The van der Waals surface area contributed by atoms with Crippen molar-refractivity contribution in [3.05, 3.63) is 35.9 Å². The van der Waals surface area contributed by atoms with E-state index in [4.69, 9.17) is 0 Å². The molecule has 1 aliphatic rings. The van der Waals surface area contributed by atoms with Crippen LogP contribution in [0.3, 0.4) is 0 Å². The van der Waals surface area contributed by atoms with Gasteiger partial charge in [0.05, 0.1) is 6.61 Å². The summed E-state index contributed by atoms with van der Waals surface area (Å²) in [6.07, 6.45) is 0.936. The van der Waals surface area contributed by atoms with Crippen molar-refractivity contribution >= 4 is 5.91 Å². The molecule has 19 heavy (non-hydrogen) atoms. The van der Waals surface area contributed by atoms with Crippen molar-refractivity contribution in [3.8, 4) is 0 Å². The lowest BCUT2D eigenvalue weighted by atomic mass is 10.1. The molecule has 1 aliphatic heterocycles. The molecule has 4 nitrogen and oxygen atoms in total. The summed E-state index contributed by atoms with van der Waals surface area (Å²) in [5.41, 5.74) is 1.17. The molecule has 0 saturated carbocycles. The highest BCUT2D eigenvalue weighted by Gasteiger charge is 2.33. The van der Waals surface area contributed by atoms with Crippen molar-refractivity contribution in [2.75, 3.05) is 20.2 Å². The summed E-state index contributed by atoms with van der Waals surface area (Å²) in [5.74, 6) is 0.0171. The Hall–Kier alpha value is -1.39. The predicted molar refractivity (Wildman–Crippen MR) is 74.6 cm³/mol. The van der Waals surface area contributed by atoms with Crippen LogP contribution in [-0.4, -0.2) is 53.1 Å². The first kappa shape index (κ1) is 14.0. The summed E-state index contributed by atoms with van der Waals surface area (Å²) in [6, 6.07) is 9.89. The van der Waals surface area contributed by atoms with Crippen LogP contribution in [0.25, 0.3) is 0 Å². The van der Waals surface area contributed by atoms with E-state index in [1.165, 1.54) is 5.56 Å². The Kier molecular flexibility index (Phi) is 4.56. The summed E-state index contributed by atoms with van der Waals surface area (Å²) in [5, 5.41) is 9.55. The van der Waals surface area contributed by atoms with Crippen LogP contribution in [0.2, 0.25) is 0 Å². The monoisotopic (exact) mass is 262 g/mol. The number of rotatable bonds is 3. The largest absolute Gasteiger partial charge is 0.394 e. The van der Waals surface area contributed by atoms with Gasteiger partial charge in [-0.2, -0.15) is 0 Å². The maximum Gasteiger partial charge on any atom is 0.242 e. The zero-order chi connectivity index (χ0) is 13.8. The third-order valence-electron chi connectivity index (χ3n) is 3.97. The molecule has 0 aromatic heterocycles. The number of benzene rings is 1. The van der Waals surface area contributed by atoms with Crippen LogP contribution in [0.4, 0.5) is 0 Å². The molecule has 1 aromatic carbocycles. The molecule has 2 unspecified atom stereocenters. The van der Waals surface area contributed by atoms with E-state index in [9.17, 15) is 9.90 Å². The number of amides is 1. The normalized spacial score (nSPS) is 25.4. The molecule has 0 bridgehead atoms. The number of hydrogen-bond acceptors (Lipinski definition) is 3. The van der Waals surface area contributed by atoms with Crippen LogP contribution >= 0.6 is 0 Å². The lowest BCUT2D eigenvalue weighted by Gasteiger charge is -2.28. The molecule has 1 amide bonds. The lowest BCUT2D eigenvalue weighted by Crippen LogP contribution is -2.47. The first-order chi connectivity index (χ1) is 9.13. The number of nitrogens with zero attached hydrogens (tertiary/aromatic N) is 2. The molecule has 1 saturated heterocycles. The topological polar surface area (TPSA) is 43.8 Å². The molecule has 1 fully saturated rings. The summed E-state index contributed by atoms with van der Waals surface area (Å²) in [7, 11) is 1.82. The Morgan fingerprint density at radius 3 is 2.63 bits per heavy atom. The zero-order valence-corrected chi connectivity index (χ0v) is 11.6. The first-order valence-electron chi connectivity index (χ1n) is 6.79. The molecule has 1 heterocycles. The molecular weight excluding hydrogens is 240 g/mol. The van der Waals surface area contributed by atoms with Gasteiger partial charge in [-0.1, -0.05) is 30.3 Å². The number of aliphatic hydroxyl groups is 1. The van der Waals surface area contributed by atoms with E-state index in [0.717, 1.165) is 13.0 Å². The Morgan fingerprint density at radius 2 is 2.00 bits per heavy atom. The Labute approximate surface area is 114 Å². The summed E-state index contributed by atoms with van der Waals surface area (Å²) in [4.78, 5) is 16.1. The van der Waals surface area contributed by atoms with Crippen LogP contribution in [0, 0.1) is 0 Å². The maximum atomic E-state index is 12.3. The fourth-order valence-corrected chi connectivity index (χ4v) is 2.51. The molecule has 104 valence electrons. The zero-order valence-electron chi connectivity index (χ0n) is 11.6. The van der Waals surface area contributed by atoms with Gasteiger partial charge in [-0.15, -0.1) is 0 Å². The van der Waals surface area contributed by atoms with E-state index in [1.54, 1.807) is 4.90 Å². The molecule has 4 heteroatoms. The first-order valence-corrected chi connectivity index (χ1v) is 6.79. The van der Waals surface area contributed by atoms with Gasteiger partial charge in [0.2, 0.25) is 5.91 Å². The molecule has 2 atom stereocenters. The number of carbonyl (C=O) groups excluding carboxylic acids is 1. The number of hydrogen-bond donors (Lipinski definition) is 1. The van der Waals surface area contributed by atoms with Crippen LogP contribution < -0.4 is 0 Å². The highest BCUT2D eigenvalue weighted by Crippen LogP contribution is 2.17. The quantitative estimate of drug-likeness (QED) is 0.887. The fraction of sp³-hybridized carbons (Fsp3) is 0.533. The van der Waals surface area contributed by atoms with Crippen molar-refractivity contribution in [1.82, 2.24) is 9.80 Å². The van der Waals surface area contributed by atoms with Gasteiger partial charge >= 0.3 is 0 Å². The predicted octanol–water partition coefficient (Wildman–Crippen LogP) is 1.10. The fourth-order valence-electron chi connectivity index (χ4n) is 2.51. The van der Waals surface area contributed by atoms with Crippen LogP contribution in [-0.2, 0) is 11.3 Å². The number of aliphatic hydroxyl groups excluding tert-OH is 1. The van der Waals surface area contributed by atoms with E-state index in [-0.39, 0.29) is 18.6 Å². The van der Waals surface area contributed by atoms with Crippen LogP contribution in [0.5, 0.6) is 0 Å². The minimum absolute atomic E-state index is 0.0171. The standard InChI is InChI=1S/C15H22N2O2/c1-12-8-9-17(10-13-6-4-3-5-7-13)14(11-18)15(19)16(12)2/h3-7,12,14,18H,8-11H2,1-2H3. The average Bonchev–Trinajstić information content (AvgIpc) is 2.53. The summed E-state index contributed by atoms with van der Waals surface area (Å²) >= 11 is 0. The Balaban J connectivity index is 2.16. The van der Waals surface area contributed by atoms with Gasteiger partial charge in [-0.3, -0.25) is 9.69 Å². The van der Waals surface area contributed by atoms with Crippen molar-refractivity contribution in [1.29, 1.82) is 0 Å². The maximum absolute atomic E-state index is 12.3. The van der Waals surface area contributed by atoms with E-state index in [2.05, 4.69) is 24.0 Å². The highest BCUT2D eigenvalue weighted by atomic mass is 16.3. The number of carbonyl (C=O) groups is 1. The van der Waals surface area contributed by atoms with Gasteiger partial charge in [0.1, 0.15) is 6.04 Å². The van der Waals surface area contributed by atoms with Gasteiger partial charge in [0, 0.05) is 26.2 Å². The van der Waals surface area contributed by atoms with Crippen molar-refractivity contribution in [3.63, 3.8) is 0 Å². The summed E-state index contributed by atoms with van der Waals surface area (Å²) in [6.45, 7) is 3.47. The van der Waals surface area contributed by atoms with E-state index < -0.39 is 6.04 Å². The molecule has 0 aliphatic carbocycles. The molecule has 0 radical (unpaired) electrons. The molecule has 2 rings (SSSR count). The third-order valence-corrected chi connectivity index (χ3v) is 3.97. The van der Waals surface area contributed by atoms with Crippen LogP contribution in [0.15, 0.2) is 30.3 Å². The van der Waals surface area contributed by atoms with E-state index in [1.807, 2.05) is 25.2 Å². The Morgan fingerprint density at radius 1 is 1.32 bits per heavy atom. The molecule has 1 aromatic rings. The van der Waals surface area contributed by atoms with Crippen molar-refractivity contribution < 1.29 is 9.90 Å². The van der Waals surface area contributed by atoms with Crippen LogP contribution in [0.1, 0.15) is 18.9 Å². The van der Waals surface area contributed by atoms with E-state index in [0.29, 0.717) is 6.54 Å². The number of likely N-dealkylation sites (N-methyl/N-ethyl adjacent to an activating group) is 1. The lowest BCUT2D eigenvalue weighted by molar-refractivity contribution is -0.137. The molecular formula is C15H22N2O2. The smallest absolute Gasteiger partial charge is 0.242 e. The molecule has 1 N–H and O–H groups in total. The minimum atomic E-state index is -0.421. The third kappa shape index (κ3) is 3.14. The van der Waals surface area contributed by atoms with Gasteiger partial charge in [0.15, 0.2) is 0 Å². The van der Waals surface area contributed by atoms with Crippen molar-refractivity contribution in [2.24, 2.45) is 0 Å². The Bertz CT molecular complexity index is 421. The second kappa shape index (κ2) is 6.17. The summed E-state index contributed by atoms with van der Waals surface area (Å²) < 4.78 is 0. The average molecular weight is 262 g/mol. The second-order valence-electron chi connectivity index (χ2n) is 5.24. The highest BCUT2D eigenvalue weighted by molar-refractivity contribution is 5.82. The van der Waals surface area contributed by atoms with E-state index >= 15 is 0 Å².